The van der Waals surface area contributed by atoms with Gasteiger partial charge in [-0.1, -0.05) is 6.42 Å². The van der Waals surface area contributed by atoms with E-state index in [4.69, 9.17) is 0 Å². The van der Waals surface area contributed by atoms with Gasteiger partial charge in [0, 0.05) is 24.5 Å². The van der Waals surface area contributed by atoms with Crippen LogP contribution in [0.1, 0.15) is 24.1 Å². The van der Waals surface area contributed by atoms with Crippen molar-refractivity contribution in [1.29, 1.82) is 0 Å². The Bertz CT molecular complexity index is 624. The SMILES string of the molecule is CNc1nc(NCC2CCCCN2C)c2cc(C)sc2n1. The summed E-state index contributed by atoms with van der Waals surface area (Å²) < 4.78 is 0. The Morgan fingerprint density at radius 1 is 1.38 bits per heavy atom. The summed E-state index contributed by atoms with van der Waals surface area (Å²) in [5, 5.41) is 7.73. The van der Waals surface area contributed by atoms with Gasteiger partial charge in [0.2, 0.25) is 5.95 Å². The van der Waals surface area contributed by atoms with Gasteiger partial charge in [-0.2, -0.15) is 4.98 Å². The summed E-state index contributed by atoms with van der Waals surface area (Å²) in [6.07, 6.45) is 3.91. The quantitative estimate of drug-likeness (QED) is 0.909. The van der Waals surface area contributed by atoms with Gasteiger partial charge in [-0.05, 0) is 39.4 Å². The van der Waals surface area contributed by atoms with Crippen LogP contribution >= 0.6 is 11.3 Å². The van der Waals surface area contributed by atoms with E-state index in [0.29, 0.717) is 12.0 Å². The monoisotopic (exact) mass is 305 g/mol. The molecular weight excluding hydrogens is 282 g/mol. The second kappa shape index (κ2) is 6.15. The molecule has 0 amide bonds. The highest BCUT2D eigenvalue weighted by Crippen LogP contribution is 2.29. The Kier molecular flexibility index (Phi) is 4.26. The van der Waals surface area contributed by atoms with Gasteiger partial charge in [0.25, 0.3) is 0 Å². The van der Waals surface area contributed by atoms with Crippen LogP contribution in [-0.2, 0) is 0 Å². The Balaban J connectivity index is 1.81. The number of hydrogen-bond acceptors (Lipinski definition) is 6. The molecule has 114 valence electrons. The van der Waals surface area contributed by atoms with Crippen LogP contribution in [0, 0.1) is 6.92 Å². The summed E-state index contributed by atoms with van der Waals surface area (Å²) in [6.45, 7) is 4.26. The molecule has 0 spiro atoms. The molecule has 5 nitrogen and oxygen atoms in total. The predicted molar refractivity (Wildman–Crippen MR) is 90.5 cm³/mol. The van der Waals surface area contributed by atoms with Crippen molar-refractivity contribution in [1.82, 2.24) is 14.9 Å². The highest BCUT2D eigenvalue weighted by Gasteiger charge is 2.19. The lowest BCUT2D eigenvalue weighted by Crippen LogP contribution is -2.40. The standard InChI is InChI=1S/C15H23N5S/c1-10-8-12-13(18-15(16-2)19-14(12)21-10)17-9-11-6-4-5-7-20(11)3/h8,11H,4-7,9H2,1-3H3,(H2,16,17,18,19). The fraction of sp³-hybridized carbons (Fsp3) is 0.600. The van der Waals surface area contributed by atoms with Gasteiger partial charge in [0.1, 0.15) is 10.6 Å². The zero-order valence-corrected chi connectivity index (χ0v) is 13.8. The topological polar surface area (TPSA) is 53.1 Å². The number of anilines is 2. The Morgan fingerprint density at radius 3 is 3.00 bits per heavy atom. The van der Waals surface area contributed by atoms with Gasteiger partial charge in [-0.3, -0.25) is 0 Å². The first kappa shape index (κ1) is 14.5. The number of likely N-dealkylation sites (tertiary alicyclic amines) is 1. The first-order valence-corrected chi connectivity index (χ1v) is 8.39. The van der Waals surface area contributed by atoms with E-state index in [1.165, 1.54) is 30.7 Å². The van der Waals surface area contributed by atoms with E-state index in [-0.39, 0.29) is 0 Å². The molecule has 2 aromatic heterocycles. The van der Waals surface area contributed by atoms with Crippen molar-refractivity contribution in [2.24, 2.45) is 0 Å². The Labute approximate surface area is 129 Å². The molecule has 2 aromatic rings. The maximum Gasteiger partial charge on any atom is 0.225 e. The number of aryl methyl sites for hydroxylation is 1. The highest BCUT2D eigenvalue weighted by molar-refractivity contribution is 7.18. The number of nitrogens with one attached hydrogen (secondary N) is 2. The predicted octanol–water partition coefficient (Wildman–Crippen LogP) is 2.94. The first-order valence-electron chi connectivity index (χ1n) is 7.57. The number of nitrogens with zero attached hydrogens (tertiary/aromatic N) is 3. The normalized spacial score (nSPS) is 19.9. The van der Waals surface area contributed by atoms with Gasteiger partial charge in [-0.25, -0.2) is 4.98 Å². The minimum atomic E-state index is 0.599. The molecule has 21 heavy (non-hydrogen) atoms. The minimum absolute atomic E-state index is 0.599. The van der Waals surface area contributed by atoms with Crippen LogP contribution in [0.3, 0.4) is 0 Å². The zero-order valence-electron chi connectivity index (χ0n) is 12.9. The molecule has 1 aliphatic heterocycles. The van der Waals surface area contributed by atoms with E-state index in [1.807, 2.05) is 7.05 Å². The number of rotatable bonds is 4. The van der Waals surface area contributed by atoms with E-state index < -0.39 is 0 Å². The number of piperidine rings is 1. The van der Waals surface area contributed by atoms with E-state index in [1.54, 1.807) is 11.3 Å². The lowest BCUT2D eigenvalue weighted by Gasteiger charge is -2.32. The molecule has 1 fully saturated rings. The van der Waals surface area contributed by atoms with Crippen molar-refractivity contribution >= 4 is 33.3 Å². The molecular formula is C15H23N5S. The van der Waals surface area contributed by atoms with Crippen LogP contribution < -0.4 is 10.6 Å². The Morgan fingerprint density at radius 2 is 2.24 bits per heavy atom. The molecule has 3 rings (SSSR count). The molecule has 1 atom stereocenters. The summed E-state index contributed by atoms with van der Waals surface area (Å²) in [5.41, 5.74) is 0. The molecule has 1 aliphatic rings. The fourth-order valence-corrected chi connectivity index (χ4v) is 3.78. The summed E-state index contributed by atoms with van der Waals surface area (Å²) in [6, 6.07) is 2.77. The van der Waals surface area contributed by atoms with Gasteiger partial charge >= 0.3 is 0 Å². The number of aromatic nitrogens is 2. The minimum Gasteiger partial charge on any atom is -0.368 e. The van der Waals surface area contributed by atoms with Crippen LogP contribution in [0.2, 0.25) is 0 Å². The number of hydrogen-bond donors (Lipinski definition) is 2. The van der Waals surface area contributed by atoms with Gasteiger partial charge in [0.15, 0.2) is 0 Å². The van der Waals surface area contributed by atoms with Crippen LogP contribution in [0.4, 0.5) is 11.8 Å². The third-order valence-electron chi connectivity index (χ3n) is 4.17. The molecule has 2 N–H and O–H groups in total. The third kappa shape index (κ3) is 3.11. The van der Waals surface area contributed by atoms with Crippen molar-refractivity contribution in [3.05, 3.63) is 10.9 Å². The number of fused-ring (bicyclic) bond motifs is 1. The van der Waals surface area contributed by atoms with Crippen molar-refractivity contribution < 1.29 is 0 Å². The summed E-state index contributed by atoms with van der Waals surface area (Å²) in [7, 11) is 4.08. The first-order chi connectivity index (χ1) is 10.2. The molecule has 1 unspecified atom stereocenters. The second-order valence-electron chi connectivity index (χ2n) is 5.73. The molecule has 0 saturated carbocycles. The van der Waals surface area contributed by atoms with Crippen LogP contribution in [-0.4, -0.2) is 48.1 Å². The van der Waals surface area contributed by atoms with Gasteiger partial charge < -0.3 is 15.5 Å². The van der Waals surface area contributed by atoms with Gasteiger partial charge in [0.05, 0.1) is 5.39 Å². The van der Waals surface area contributed by atoms with E-state index >= 15 is 0 Å². The molecule has 3 heterocycles. The third-order valence-corrected chi connectivity index (χ3v) is 5.11. The average Bonchev–Trinajstić information content (AvgIpc) is 2.86. The number of thiophene rings is 1. The average molecular weight is 305 g/mol. The van der Waals surface area contributed by atoms with Crippen molar-refractivity contribution in [3.8, 4) is 0 Å². The molecule has 0 aliphatic carbocycles. The van der Waals surface area contributed by atoms with Crippen LogP contribution in [0.15, 0.2) is 6.07 Å². The van der Waals surface area contributed by atoms with Crippen molar-refractivity contribution in [3.63, 3.8) is 0 Å². The van der Waals surface area contributed by atoms with Gasteiger partial charge in [-0.15, -0.1) is 11.3 Å². The second-order valence-corrected chi connectivity index (χ2v) is 6.97. The van der Waals surface area contributed by atoms with E-state index in [2.05, 4.69) is 45.5 Å². The smallest absolute Gasteiger partial charge is 0.225 e. The molecule has 0 radical (unpaired) electrons. The molecule has 1 saturated heterocycles. The maximum absolute atomic E-state index is 4.60. The fourth-order valence-electron chi connectivity index (χ4n) is 2.91. The highest BCUT2D eigenvalue weighted by atomic mass is 32.1. The largest absolute Gasteiger partial charge is 0.368 e. The molecule has 0 bridgehead atoms. The van der Waals surface area contributed by atoms with Crippen molar-refractivity contribution in [2.45, 2.75) is 32.2 Å². The van der Waals surface area contributed by atoms with Crippen LogP contribution in [0.25, 0.3) is 10.2 Å². The lowest BCUT2D eigenvalue weighted by molar-refractivity contribution is 0.194. The molecule has 6 heteroatoms. The summed E-state index contributed by atoms with van der Waals surface area (Å²) in [5.74, 6) is 1.64. The maximum atomic E-state index is 4.60. The number of likely N-dealkylation sites (N-methyl/N-ethyl adjacent to an activating group) is 1. The van der Waals surface area contributed by atoms with E-state index in [0.717, 1.165) is 22.6 Å². The summed E-state index contributed by atoms with van der Waals surface area (Å²) >= 11 is 1.72. The lowest BCUT2D eigenvalue weighted by atomic mass is 10.0. The zero-order chi connectivity index (χ0) is 14.8. The molecule has 0 aromatic carbocycles. The van der Waals surface area contributed by atoms with Crippen LogP contribution in [0.5, 0.6) is 0 Å². The van der Waals surface area contributed by atoms with E-state index in [9.17, 15) is 0 Å². The summed E-state index contributed by atoms with van der Waals surface area (Å²) in [4.78, 5) is 13.9. The Hall–Kier alpha value is -1.40. The van der Waals surface area contributed by atoms with Crippen molar-refractivity contribution in [2.75, 3.05) is 37.8 Å².